The highest BCUT2D eigenvalue weighted by Crippen LogP contribution is 2.43. The summed E-state index contributed by atoms with van der Waals surface area (Å²) in [6, 6.07) is 14.0. The number of hydrogen-bond acceptors (Lipinski definition) is 5. The van der Waals surface area contributed by atoms with E-state index in [0.717, 1.165) is 11.3 Å². The van der Waals surface area contributed by atoms with Crippen LogP contribution in [0.25, 0.3) is 0 Å². The van der Waals surface area contributed by atoms with Crippen molar-refractivity contribution >= 4 is 23.2 Å². The monoisotopic (exact) mass is 367 g/mol. The second-order valence-electron chi connectivity index (χ2n) is 6.80. The van der Waals surface area contributed by atoms with Gasteiger partial charge in [-0.15, -0.1) is 0 Å². The van der Waals surface area contributed by atoms with Crippen molar-refractivity contribution in [2.45, 2.75) is 17.9 Å². The van der Waals surface area contributed by atoms with Crippen LogP contribution in [0.4, 0.5) is 11.4 Å². The highest BCUT2D eigenvalue weighted by atomic mass is 16.5. The molecular weight excluding hydrogens is 346 g/mol. The minimum Gasteiger partial charge on any atom is -0.491 e. The summed E-state index contributed by atoms with van der Waals surface area (Å²) in [6.45, 7) is 0.663. The fraction of sp³-hybridized carbons (Fsp3) is 0.300. The van der Waals surface area contributed by atoms with Crippen molar-refractivity contribution < 1.29 is 19.4 Å². The third-order valence-electron chi connectivity index (χ3n) is 5.11. The number of fused-ring (bicyclic) bond motifs is 2. The van der Waals surface area contributed by atoms with Crippen molar-refractivity contribution in [1.82, 2.24) is 5.32 Å². The zero-order chi connectivity index (χ0) is 18.9. The molecule has 2 aromatic carbocycles. The van der Waals surface area contributed by atoms with Crippen molar-refractivity contribution in [1.29, 1.82) is 0 Å². The molecule has 2 atom stereocenters. The molecule has 7 nitrogen and oxygen atoms in total. The molecular formula is C20H21N3O4. The van der Waals surface area contributed by atoms with Crippen molar-refractivity contribution in [2.75, 3.05) is 30.4 Å². The number of nitrogens with one attached hydrogen (secondary N) is 3. The minimum atomic E-state index is -0.694. The Kier molecular flexibility index (Phi) is 4.45. The maximum atomic E-state index is 12.7. The average molecular weight is 367 g/mol. The minimum absolute atomic E-state index is 0.0560. The van der Waals surface area contributed by atoms with Gasteiger partial charge in [0.25, 0.3) is 0 Å². The molecule has 1 spiro atoms. The molecule has 1 saturated heterocycles. The lowest BCUT2D eigenvalue weighted by Gasteiger charge is -2.19. The smallest absolute Gasteiger partial charge is 0.246 e. The zero-order valence-electron chi connectivity index (χ0n) is 14.7. The number of carbonyl (C=O) groups excluding carboxylic acids is 2. The van der Waals surface area contributed by atoms with Gasteiger partial charge in [0.15, 0.2) is 0 Å². The molecule has 2 heterocycles. The van der Waals surface area contributed by atoms with Crippen molar-refractivity contribution in [3.8, 4) is 5.75 Å². The summed E-state index contributed by atoms with van der Waals surface area (Å²) >= 11 is 0. The molecule has 0 aliphatic carbocycles. The zero-order valence-corrected chi connectivity index (χ0v) is 14.7. The van der Waals surface area contributed by atoms with Crippen LogP contribution in [0.1, 0.15) is 12.0 Å². The van der Waals surface area contributed by atoms with Crippen LogP contribution in [0.5, 0.6) is 5.75 Å². The standard InChI is InChI=1S/C20H21N3O4/c24-9-10-27-14-7-5-13(6-8-14)22-18(25)17-11-20(19(26)23-17)12-21-16-4-2-1-3-15(16)20/h1-8,17,21,24H,9-12H2,(H,22,25)(H,23,26). The summed E-state index contributed by atoms with van der Waals surface area (Å²) in [4.78, 5) is 25.4. The van der Waals surface area contributed by atoms with Crippen LogP contribution >= 0.6 is 0 Å². The average Bonchev–Trinajstić information content (AvgIpc) is 3.23. The number of anilines is 2. The molecule has 0 bridgehead atoms. The van der Waals surface area contributed by atoms with Crippen LogP contribution in [0.2, 0.25) is 0 Å². The van der Waals surface area contributed by atoms with E-state index in [0.29, 0.717) is 24.4 Å². The van der Waals surface area contributed by atoms with Crippen LogP contribution in [0, 0.1) is 0 Å². The highest BCUT2D eigenvalue weighted by Gasteiger charge is 2.53. The van der Waals surface area contributed by atoms with Gasteiger partial charge in [0, 0.05) is 17.9 Å². The van der Waals surface area contributed by atoms with Gasteiger partial charge in [0.2, 0.25) is 11.8 Å². The third kappa shape index (κ3) is 3.10. The molecule has 1 fully saturated rings. The number of carbonyl (C=O) groups is 2. The van der Waals surface area contributed by atoms with E-state index in [4.69, 9.17) is 9.84 Å². The van der Waals surface area contributed by atoms with E-state index in [2.05, 4.69) is 16.0 Å². The lowest BCUT2D eigenvalue weighted by atomic mass is 9.79. The molecule has 2 aliphatic rings. The number of benzene rings is 2. The topological polar surface area (TPSA) is 99.7 Å². The first-order valence-corrected chi connectivity index (χ1v) is 8.91. The fourth-order valence-electron chi connectivity index (χ4n) is 3.75. The second-order valence-corrected chi connectivity index (χ2v) is 6.80. The molecule has 0 radical (unpaired) electrons. The lowest BCUT2D eigenvalue weighted by Crippen LogP contribution is -2.39. The van der Waals surface area contributed by atoms with Gasteiger partial charge >= 0.3 is 0 Å². The van der Waals surface area contributed by atoms with E-state index in [1.807, 2.05) is 24.3 Å². The maximum Gasteiger partial charge on any atom is 0.246 e. The van der Waals surface area contributed by atoms with E-state index in [1.54, 1.807) is 24.3 Å². The Bertz CT molecular complexity index is 868. The van der Waals surface area contributed by atoms with Crippen LogP contribution in [0.15, 0.2) is 48.5 Å². The number of rotatable bonds is 5. The van der Waals surface area contributed by atoms with E-state index in [9.17, 15) is 9.59 Å². The van der Waals surface area contributed by atoms with Crippen LogP contribution in [0.3, 0.4) is 0 Å². The normalized spacial score (nSPS) is 22.9. The number of para-hydroxylation sites is 1. The summed E-state index contributed by atoms with van der Waals surface area (Å²) in [6.07, 6.45) is 0.416. The van der Waals surface area contributed by atoms with Gasteiger partial charge < -0.3 is 25.8 Å². The highest BCUT2D eigenvalue weighted by molar-refractivity contribution is 6.04. The van der Waals surface area contributed by atoms with Crippen molar-refractivity contribution in [2.24, 2.45) is 0 Å². The molecule has 2 aliphatic heterocycles. The first kappa shape index (κ1) is 17.4. The predicted molar refractivity (Wildman–Crippen MR) is 101 cm³/mol. The summed E-state index contributed by atoms with van der Waals surface area (Å²) < 4.78 is 5.30. The number of ether oxygens (including phenoxy) is 1. The van der Waals surface area contributed by atoms with Gasteiger partial charge in [-0.1, -0.05) is 18.2 Å². The molecule has 7 heteroatoms. The van der Waals surface area contributed by atoms with E-state index >= 15 is 0 Å². The molecule has 0 saturated carbocycles. The molecule has 140 valence electrons. The Morgan fingerprint density at radius 3 is 2.78 bits per heavy atom. The van der Waals surface area contributed by atoms with E-state index < -0.39 is 11.5 Å². The third-order valence-corrected chi connectivity index (χ3v) is 5.11. The Balaban J connectivity index is 1.44. The second kappa shape index (κ2) is 6.92. The first-order valence-electron chi connectivity index (χ1n) is 8.91. The number of amides is 2. The molecule has 4 rings (SSSR count). The van der Waals surface area contributed by atoms with Crippen molar-refractivity contribution in [3.05, 3.63) is 54.1 Å². The van der Waals surface area contributed by atoms with Crippen LogP contribution in [-0.2, 0) is 15.0 Å². The molecule has 2 amide bonds. The molecule has 27 heavy (non-hydrogen) atoms. The largest absolute Gasteiger partial charge is 0.491 e. The predicted octanol–water partition coefficient (Wildman–Crippen LogP) is 1.25. The Morgan fingerprint density at radius 1 is 1.22 bits per heavy atom. The van der Waals surface area contributed by atoms with Gasteiger partial charge in [-0.25, -0.2) is 0 Å². The summed E-state index contributed by atoms with van der Waals surface area (Å²) in [7, 11) is 0. The van der Waals surface area contributed by atoms with E-state index in [-0.39, 0.29) is 25.0 Å². The summed E-state index contributed by atoms with van der Waals surface area (Å²) in [5, 5.41) is 17.7. The number of aliphatic hydroxyl groups excluding tert-OH is 1. The van der Waals surface area contributed by atoms with Crippen LogP contribution in [-0.4, -0.2) is 42.7 Å². The SMILES string of the molecule is O=C(Nc1ccc(OCCO)cc1)C1CC2(CNc3ccccc32)C(=O)N1. The van der Waals surface area contributed by atoms with Gasteiger partial charge in [-0.2, -0.15) is 0 Å². The quantitative estimate of drug-likeness (QED) is 0.637. The Morgan fingerprint density at radius 2 is 2.00 bits per heavy atom. The van der Waals surface area contributed by atoms with Crippen LogP contribution < -0.4 is 20.7 Å². The Labute approximate surface area is 156 Å². The molecule has 2 unspecified atom stereocenters. The Hall–Kier alpha value is -3.06. The molecule has 0 aromatic heterocycles. The van der Waals surface area contributed by atoms with E-state index in [1.165, 1.54) is 0 Å². The first-order chi connectivity index (χ1) is 13.1. The number of hydrogen-bond donors (Lipinski definition) is 4. The lowest BCUT2D eigenvalue weighted by molar-refractivity contribution is -0.125. The molecule has 4 N–H and O–H groups in total. The fourth-order valence-corrected chi connectivity index (χ4v) is 3.75. The van der Waals surface area contributed by atoms with Gasteiger partial charge in [-0.3, -0.25) is 9.59 Å². The van der Waals surface area contributed by atoms with Gasteiger partial charge in [0.05, 0.1) is 12.0 Å². The molecule has 2 aromatic rings. The summed E-state index contributed by atoms with van der Waals surface area (Å²) in [5.41, 5.74) is 1.83. The van der Waals surface area contributed by atoms with Gasteiger partial charge in [-0.05, 0) is 42.3 Å². The summed E-state index contributed by atoms with van der Waals surface area (Å²) in [5.74, 6) is 0.255. The maximum absolute atomic E-state index is 12.7. The number of aliphatic hydroxyl groups is 1. The van der Waals surface area contributed by atoms with Crippen molar-refractivity contribution in [3.63, 3.8) is 0 Å². The van der Waals surface area contributed by atoms with Gasteiger partial charge in [0.1, 0.15) is 18.4 Å².